The number of hydrogen-bond donors (Lipinski definition) is 0. The third kappa shape index (κ3) is 65.5. The Balaban J connectivity index is 4.15. The van der Waals surface area contributed by atoms with Crippen LogP contribution in [0.3, 0.4) is 0 Å². The number of esters is 3. The van der Waals surface area contributed by atoms with Gasteiger partial charge in [0, 0.05) is 19.3 Å². The lowest BCUT2D eigenvalue weighted by molar-refractivity contribution is -0.167. The number of allylic oxidation sites excluding steroid dienone is 12. The summed E-state index contributed by atoms with van der Waals surface area (Å²) in [6.45, 7) is 6.49. The molecule has 0 fully saturated rings. The van der Waals surface area contributed by atoms with Crippen LogP contribution in [0.5, 0.6) is 0 Å². The first-order chi connectivity index (χ1) is 39.0. The molecule has 0 saturated heterocycles. The van der Waals surface area contributed by atoms with Gasteiger partial charge < -0.3 is 14.2 Å². The van der Waals surface area contributed by atoms with E-state index in [-0.39, 0.29) is 31.1 Å². The van der Waals surface area contributed by atoms with Crippen LogP contribution in [0.25, 0.3) is 0 Å². The summed E-state index contributed by atoms with van der Waals surface area (Å²) < 4.78 is 16.9. The first-order valence-electron chi connectivity index (χ1n) is 34.4. The fourth-order valence-electron chi connectivity index (χ4n) is 10.1. The molecule has 0 aliphatic heterocycles. The van der Waals surface area contributed by atoms with Crippen molar-refractivity contribution in [2.45, 2.75) is 361 Å². The maximum atomic E-state index is 12.9. The second kappa shape index (κ2) is 67.4. The molecule has 458 valence electrons. The average Bonchev–Trinajstić information content (AvgIpc) is 3.45. The molecule has 0 rings (SSSR count). The molecule has 1 unspecified atom stereocenters. The summed E-state index contributed by atoms with van der Waals surface area (Å²) in [4.78, 5) is 38.3. The van der Waals surface area contributed by atoms with E-state index in [0.717, 1.165) is 122 Å². The van der Waals surface area contributed by atoms with Crippen molar-refractivity contribution in [2.75, 3.05) is 13.2 Å². The molecule has 0 aromatic heterocycles. The number of carbonyl (C=O) groups is 3. The van der Waals surface area contributed by atoms with E-state index in [4.69, 9.17) is 14.2 Å². The Hall–Kier alpha value is -3.15. The molecule has 1 atom stereocenters. The predicted octanol–water partition coefficient (Wildman–Crippen LogP) is 23.7. The topological polar surface area (TPSA) is 78.9 Å². The van der Waals surface area contributed by atoms with Crippen molar-refractivity contribution in [1.82, 2.24) is 0 Å². The zero-order valence-electron chi connectivity index (χ0n) is 52.6. The van der Waals surface area contributed by atoms with Gasteiger partial charge in [-0.3, -0.25) is 14.4 Å². The molecule has 0 amide bonds. The maximum absolute atomic E-state index is 12.9. The molecule has 0 aromatic carbocycles. The number of carbonyl (C=O) groups excluding carboxylic acids is 3. The van der Waals surface area contributed by atoms with Crippen molar-refractivity contribution in [3.63, 3.8) is 0 Å². The lowest BCUT2D eigenvalue weighted by atomic mass is 10.0. The Morgan fingerprint density at radius 1 is 0.266 bits per heavy atom. The van der Waals surface area contributed by atoms with Crippen molar-refractivity contribution in [1.29, 1.82) is 0 Å². The summed E-state index contributed by atoms with van der Waals surface area (Å²) in [5.41, 5.74) is 0. The third-order valence-electron chi connectivity index (χ3n) is 15.2. The highest BCUT2D eigenvalue weighted by Gasteiger charge is 2.19. The Kier molecular flexibility index (Phi) is 64.7. The maximum Gasteiger partial charge on any atom is 0.306 e. The molecule has 79 heavy (non-hydrogen) atoms. The van der Waals surface area contributed by atoms with Gasteiger partial charge in [-0.05, 0) is 83.5 Å². The standard InChI is InChI=1S/C73H130O6/c1-4-7-10-13-16-19-22-24-26-28-30-32-33-34-35-36-37-38-39-40-42-43-45-47-49-51-54-57-60-63-66-72(75)78-69-70(68-77-71(74)65-62-59-56-53-21-18-15-12-9-6-3)79-73(76)67-64-61-58-55-52-50-48-46-44-41-31-29-27-25-23-20-17-14-11-8-5-2/h8,11-12,15,17,20,25,27,31,41,46,48,70H,4-7,9-10,13-14,16,18-19,21-24,26,28-30,32-40,42-45,47,49-69H2,1-3H3/b11-8-,15-12-,20-17-,27-25-,41-31-,48-46-. The van der Waals surface area contributed by atoms with Gasteiger partial charge in [0.05, 0.1) is 0 Å². The summed E-state index contributed by atoms with van der Waals surface area (Å²) >= 11 is 0. The van der Waals surface area contributed by atoms with E-state index in [1.165, 1.54) is 193 Å². The lowest BCUT2D eigenvalue weighted by Crippen LogP contribution is -2.30. The van der Waals surface area contributed by atoms with Crippen molar-refractivity contribution in [3.8, 4) is 0 Å². The van der Waals surface area contributed by atoms with Gasteiger partial charge in [-0.15, -0.1) is 0 Å². The molecule has 6 heteroatoms. The predicted molar refractivity (Wildman–Crippen MR) is 344 cm³/mol. The van der Waals surface area contributed by atoms with Crippen molar-refractivity contribution in [3.05, 3.63) is 72.9 Å². The second-order valence-electron chi connectivity index (χ2n) is 23.1. The summed E-state index contributed by atoms with van der Waals surface area (Å²) in [7, 11) is 0. The molecule has 0 aliphatic carbocycles. The van der Waals surface area contributed by atoms with Crippen LogP contribution < -0.4 is 0 Å². The van der Waals surface area contributed by atoms with E-state index in [1.807, 2.05) is 0 Å². The Morgan fingerprint density at radius 3 is 0.835 bits per heavy atom. The van der Waals surface area contributed by atoms with Crippen LogP contribution in [-0.4, -0.2) is 37.2 Å². The van der Waals surface area contributed by atoms with E-state index in [0.29, 0.717) is 19.3 Å². The Morgan fingerprint density at radius 2 is 0.519 bits per heavy atom. The van der Waals surface area contributed by atoms with Crippen LogP contribution in [0.1, 0.15) is 355 Å². The highest BCUT2D eigenvalue weighted by atomic mass is 16.6. The molecular weight excluding hydrogens is 973 g/mol. The molecule has 6 nitrogen and oxygen atoms in total. The van der Waals surface area contributed by atoms with E-state index in [1.54, 1.807) is 0 Å². The van der Waals surface area contributed by atoms with Crippen LogP contribution in [0.15, 0.2) is 72.9 Å². The van der Waals surface area contributed by atoms with Crippen LogP contribution >= 0.6 is 0 Å². The molecule has 0 bridgehead atoms. The van der Waals surface area contributed by atoms with Gasteiger partial charge in [0.2, 0.25) is 0 Å². The number of hydrogen-bond acceptors (Lipinski definition) is 6. The molecule has 0 radical (unpaired) electrons. The lowest BCUT2D eigenvalue weighted by Gasteiger charge is -2.18. The van der Waals surface area contributed by atoms with Crippen molar-refractivity contribution >= 4 is 17.9 Å². The highest BCUT2D eigenvalue weighted by Crippen LogP contribution is 2.18. The fourth-order valence-corrected chi connectivity index (χ4v) is 10.1. The van der Waals surface area contributed by atoms with Crippen LogP contribution in [0, 0.1) is 0 Å². The van der Waals surface area contributed by atoms with E-state index < -0.39 is 6.10 Å². The van der Waals surface area contributed by atoms with E-state index >= 15 is 0 Å². The van der Waals surface area contributed by atoms with Gasteiger partial charge in [0.1, 0.15) is 13.2 Å². The van der Waals surface area contributed by atoms with Crippen molar-refractivity contribution in [2.24, 2.45) is 0 Å². The minimum absolute atomic E-state index is 0.0834. The Labute approximate surface area is 491 Å². The average molecular weight is 1100 g/mol. The van der Waals surface area contributed by atoms with E-state index in [9.17, 15) is 14.4 Å². The van der Waals surface area contributed by atoms with Crippen LogP contribution in [0.2, 0.25) is 0 Å². The first-order valence-corrected chi connectivity index (χ1v) is 34.4. The molecule has 0 saturated carbocycles. The fraction of sp³-hybridized carbons (Fsp3) is 0.795. The Bertz CT molecular complexity index is 1450. The van der Waals surface area contributed by atoms with Crippen molar-refractivity contribution < 1.29 is 28.6 Å². The molecule has 0 N–H and O–H groups in total. The van der Waals surface area contributed by atoms with Crippen LogP contribution in [-0.2, 0) is 28.6 Å². The number of unbranched alkanes of at least 4 members (excludes halogenated alkanes) is 40. The van der Waals surface area contributed by atoms with Gasteiger partial charge in [-0.25, -0.2) is 0 Å². The SMILES string of the molecule is CC/C=C\C/C=C\C/C=C\C/C=C\C/C=C\CCCCCCCC(=O)OC(COC(=O)CCCCCCC/C=C\CCC)COC(=O)CCCCCCCCCCCCCCCCCCCCCCCCCCCCCCCC. The summed E-state index contributed by atoms with van der Waals surface area (Å²) in [5, 5.41) is 0. The normalized spacial score (nSPS) is 12.5. The van der Waals surface area contributed by atoms with Gasteiger partial charge in [-0.2, -0.15) is 0 Å². The quantitative estimate of drug-likeness (QED) is 0.0261. The van der Waals surface area contributed by atoms with Gasteiger partial charge >= 0.3 is 17.9 Å². The summed E-state index contributed by atoms with van der Waals surface area (Å²) in [6.07, 6.45) is 88.1. The number of rotatable bonds is 63. The third-order valence-corrected chi connectivity index (χ3v) is 15.2. The number of ether oxygens (including phenoxy) is 3. The molecular formula is C73H130O6. The minimum Gasteiger partial charge on any atom is -0.462 e. The largest absolute Gasteiger partial charge is 0.462 e. The highest BCUT2D eigenvalue weighted by molar-refractivity contribution is 5.71. The molecule has 0 spiro atoms. The second-order valence-corrected chi connectivity index (χ2v) is 23.1. The minimum atomic E-state index is -0.789. The molecule has 0 aromatic rings. The van der Waals surface area contributed by atoms with Gasteiger partial charge in [0.25, 0.3) is 0 Å². The molecule has 0 heterocycles. The summed E-state index contributed by atoms with van der Waals surface area (Å²) in [6, 6.07) is 0. The van der Waals surface area contributed by atoms with Gasteiger partial charge in [-0.1, -0.05) is 325 Å². The van der Waals surface area contributed by atoms with E-state index in [2.05, 4.69) is 93.7 Å². The first kappa shape index (κ1) is 75.8. The monoisotopic (exact) mass is 1100 g/mol. The summed E-state index contributed by atoms with van der Waals surface area (Å²) in [5.74, 6) is -0.898. The zero-order valence-corrected chi connectivity index (χ0v) is 52.6. The smallest absolute Gasteiger partial charge is 0.306 e. The van der Waals surface area contributed by atoms with Gasteiger partial charge in [0.15, 0.2) is 6.10 Å². The molecule has 0 aliphatic rings. The zero-order chi connectivity index (χ0) is 57.1. The van der Waals surface area contributed by atoms with Crippen LogP contribution in [0.4, 0.5) is 0 Å².